The molecule has 2 saturated heterocycles. The summed E-state index contributed by atoms with van der Waals surface area (Å²) < 4.78 is 5.26. The number of nitrogens with zero attached hydrogens (tertiary/aromatic N) is 2. The first-order chi connectivity index (χ1) is 19.1. The molecule has 10 heteroatoms. The summed E-state index contributed by atoms with van der Waals surface area (Å²) >= 11 is 0. The van der Waals surface area contributed by atoms with Crippen LogP contribution in [0.4, 0.5) is 0 Å². The van der Waals surface area contributed by atoms with E-state index in [0.29, 0.717) is 29.1 Å². The molecule has 0 bridgehead atoms. The lowest BCUT2D eigenvalue weighted by atomic mass is 9.78. The quantitative estimate of drug-likeness (QED) is 0.362. The third-order valence-corrected chi connectivity index (χ3v) is 8.12. The minimum atomic E-state index is -1.23. The number of carbonyl (C=O) groups is 5. The predicted octanol–water partition coefficient (Wildman–Crippen LogP) is 2.00. The Kier molecular flexibility index (Phi) is 5.79. The van der Waals surface area contributed by atoms with Crippen molar-refractivity contribution in [2.24, 2.45) is 0 Å². The van der Waals surface area contributed by atoms with Crippen molar-refractivity contribution in [2.45, 2.75) is 37.3 Å². The van der Waals surface area contributed by atoms with E-state index in [0.717, 1.165) is 16.7 Å². The second kappa shape index (κ2) is 9.11. The normalized spacial score (nSPS) is 23.9. The maximum Gasteiger partial charge on any atom is 0.254 e. The van der Waals surface area contributed by atoms with E-state index >= 15 is 0 Å². The highest BCUT2D eigenvalue weighted by Crippen LogP contribution is 2.38. The van der Waals surface area contributed by atoms with Crippen LogP contribution >= 0.6 is 0 Å². The third-order valence-electron chi connectivity index (χ3n) is 8.12. The standard InChI is InChI=1S/C30H26N4O6/c1-29(24(35)12-25(36)33-29)23-10-6-18(14-31-23)17-3-7-20(8-4-17)30(13-26(37)32-28(30)39)16-34-15-19-5-9-21(40-2)11-22(19)27(34)38/h3-11,14H,12-13,15-16H2,1-2H3,(H,33,36)(H,32,37,39)/t29?,30-/m1/s1. The molecule has 0 saturated carbocycles. The second-order valence-corrected chi connectivity index (χ2v) is 10.6. The van der Waals surface area contributed by atoms with E-state index < -0.39 is 16.9 Å². The monoisotopic (exact) mass is 538 g/mol. The van der Waals surface area contributed by atoms with E-state index in [1.54, 1.807) is 48.4 Å². The van der Waals surface area contributed by atoms with Crippen LogP contribution in [0.1, 0.15) is 46.9 Å². The van der Waals surface area contributed by atoms with Gasteiger partial charge in [0.15, 0.2) is 5.78 Å². The largest absolute Gasteiger partial charge is 0.497 e. The first-order valence-electron chi connectivity index (χ1n) is 12.9. The highest BCUT2D eigenvalue weighted by molar-refractivity contribution is 6.10. The average molecular weight is 539 g/mol. The summed E-state index contributed by atoms with van der Waals surface area (Å²) in [6, 6.07) is 16.1. The van der Waals surface area contributed by atoms with E-state index in [1.807, 2.05) is 24.3 Å². The number of Topliss-reactive ketones (excluding diaryl/α,β-unsaturated/α-hetero) is 1. The summed E-state index contributed by atoms with van der Waals surface area (Å²) in [4.78, 5) is 68.9. The Morgan fingerprint density at radius 1 is 0.950 bits per heavy atom. The highest BCUT2D eigenvalue weighted by Gasteiger charge is 2.50. The fourth-order valence-corrected chi connectivity index (χ4v) is 5.78. The lowest BCUT2D eigenvalue weighted by molar-refractivity contribution is -0.127. The number of hydrogen-bond donors (Lipinski definition) is 2. The second-order valence-electron chi connectivity index (χ2n) is 10.6. The van der Waals surface area contributed by atoms with Gasteiger partial charge in [-0.05, 0) is 41.8 Å². The van der Waals surface area contributed by atoms with Crippen molar-refractivity contribution in [1.82, 2.24) is 20.5 Å². The van der Waals surface area contributed by atoms with Gasteiger partial charge in [0.25, 0.3) is 5.91 Å². The molecule has 40 heavy (non-hydrogen) atoms. The smallest absolute Gasteiger partial charge is 0.254 e. The van der Waals surface area contributed by atoms with Crippen LogP contribution in [0.2, 0.25) is 0 Å². The zero-order valence-electron chi connectivity index (χ0n) is 21.9. The maximum atomic E-state index is 13.2. The van der Waals surface area contributed by atoms with Crippen LogP contribution in [0, 0.1) is 0 Å². The summed E-state index contributed by atoms with van der Waals surface area (Å²) in [5.74, 6) is -1.01. The number of rotatable bonds is 6. The number of methoxy groups -OCH3 is 1. The molecule has 202 valence electrons. The summed E-state index contributed by atoms with van der Waals surface area (Å²) in [6.07, 6.45) is 1.40. The molecule has 2 fully saturated rings. The fourth-order valence-electron chi connectivity index (χ4n) is 5.78. The molecule has 4 heterocycles. The van der Waals surface area contributed by atoms with E-state index in [1.165, 1.54) is 7.11 Å². The minimum absolute atomic E-state index is 0.0499. The molecule has 1 unspecified atom stereocenters. The zero-order chi connectivity index (χ0) is 28.2. The number of imide groups is 1. The van der Waals surface area contributed by atoms with Crippen molar-refractivity contribution in [3.05, 3.63) is 83.2 Å². The molecule has 2 N–H and O–H groups in total. The van der Waals surface area contributed by atoms with Crippen LogP contribution < -0.4 is 15.4 Å². The Bertz CT molecular complexity index is 1600. The number of carbonyl (C=O) groups excluding carboxylic acids is 5. The molecule has 10 nitrogen and oxygen atoms in total. The third kappa shape index (κ3) is 3.95. The van der Waals surface area contributed by atoms with Crippen molar-refractivity contribution in [1.29, 1.82) is 0 Å². The van der Waals surface area contributed by atoms with Gasteiger partial charge in [-0.2, -0.15) is 0 Å². The molecule has 2 aromatic carbocycles. The molecular weight excluding hydrogens is 512 g/mol. The van der Waals surface area contributed by atoms with Crippen LogP contribution in [0.3, 0.4) is 0 Å². The van der Waals surface area contributed by atoms with Crippen molar-refractivity contribution in [3.8, 4) is 16.9 Å². The number of benzene rings is 2. The number of amides is 4. The Hall–Kier alpha value is -4.86. The molecule has 6 rings (SSSR count). The van der Waals surface area contributed by atoms with Gasteiger partial charge in [0.05, 0.1) is 19.2 Å². The minimum Gasteiger partial charge on any atom is -0.497 e. The SMILES string of the molecule is COc1ccc2c(c1)C(=O)N(C[C@@]1(c3ccc(-c4ccc(C5(C)NC(=O)CC5=O)nc4)cc3)CC(=O)NC1=O)C2. The number of hydrogen-bond acceptors (Lipinski definition) is 7. The van der Waals surface area contributed by atoms with Gasteiger partial charge < -0.3 is 15.0 Å². The zero-order valence-corrected chi connectivity index (χ0v) is 21.9. The first kappa shape index (κ1) is 25.4. The van der Waals surface area contributed by atoms with Crippen LogP contribution in [0.15, 0.2) is 60.8 Å². The predicted molar refractivity (Wildman–Crippen MR) is 142 cm³/mol. The molecule has 3 aliphatic rings. The van der Waals surface area contributed by atoms with Gasteiger partial charge in [-0.15, -0.1) is 0 Å². The maximum absolute atomic E-state index is 13.2. The summed E-state index contributed by atoms with van der Waals surface area (Å²) in [5.41, 5.74) is 1.65. The summed E-state index contributed by atoms with van der Waals surface area (Å²) in [5, 5.41) is 5.12. The molecule has 3 aromatic rings. The van der Waals surface area contributed by atoms with E-state index in [-0.39, 0.29) is 42.9 Å². The van der Waals surface area contributed by atoms with E-state index in [9.17, 15) is 24.0 Å². The lowest BCUT2D eigenvalue weighted by Gasteiger charge is -2.31. The van der Waals surface area contributed by atoms with Gasteiger partial charge in [-0.1, -0.05) is 36.4 Å². The Labute approximate surface area is 229 Å². The van der Waals surface area contributed by atoms with Gasteiger partial charge in [0, 0.05) is 36.8 Å². The van der Waals surface area contributed by atoms with Gasteiger partial charge in [-0.25, -0.2) is 0 Å². The van der Waals surface area contributed by atoms with Crippen molar-refractivity contribution in [3.63, 3.8) is 0 Å². The van der Waals surface area contributed by atoms with Crippen molar-refractivity contribution in [2.75, 3.05) is 13.7 Å². The highest BCUT2D eigenvalue weighted by atomic mass is 16.5. The van der Waals surface area contributed by atoms with E-state index in [2.05, 4.69) is 15.6 Å². The molecule has 2 atom stereocenters. The van der Waals surface area contributed by atoms with Crippen LogP contribution in [0.5, 0.6) is 5.75 Å². The number of pyridine rings is 1. The average Bonchev–Trinajstić information content (AvgIpc) is 3.52. The van der Waals surface area contributed by atoms with Gasteiger partial charge in [0.2, 0.25) is 17.7 Å². The Morgan fingerprint density at radius 3 is 2.30 bits per heavy atom. The number of ether oxygens (including phenoxy) is 1. The molecule has 3 aliphatic heterocycles. The molecule has 0 spiro atoms. The first-order valence-corrected chi connectivity index (χ1v) is 12.9. The molecular formula is C30H26N4O6. The van der Waals surface area contributed by atoms with Crippen LogP contribution in [-0.2, 0) is 36.7 Å². The Morgan fingerprint density at radius 2 is 1.70 bits per heavy atom. The molecule has 1 aromatic heterocycles. The molecule has 0 radical (unpaired) electrons. The van der Waals surface area contributed by atoms with E-state index in [4.69, 9.17) is 4.74 Å². The van der Waals surface area contributed by atoms with Crippen LogP contribution in [-0.4, -0.2) is 53.0 Å². The summed E-state index contributed by atoms with van der Waals surface area (Å²) in [7, 11) is 1.53. The number of ketones is 1. The molecule has 4 amide bonds. The van der Waals surface area contributed by atoms with Gasteiger partial charge in [-0.3, -0.25) is 34.3 Å². The van der Waals surface area contributed by atoms with Gasteiger partial charge >= 0.3 is 0 Å². The number of fused-ring (bicyclic) bond motifs is 1. The topological polar surface area (TPSA) is 135 Å². The number of aromatic nitrogens is 1. The van der Waals surface area contributed by atoms with Crippen molar-refractivity contribution >= 4 is 29.4 Å². The molecule has 0 aliphatic carbocycles. The van der Waals surface area contributed by atoms with Crippen LogP contribution in [0.25, 0.3) is 11.1 Å². The number of nitrogens with one attached hydrogen (secondary N) is 2. The fraction of sp³-hybridized carbons (Fsp3) is 0.267. The summed E-state index contributed by atoms with van der Waals surface area (Å²) in [6.45, 7) is 2.03. The van der Waals surface area contributed by atoms with Crippen molar-refractivity contribution < 1.29 is 28.7 Å². The van der Waals surface area contributed by atoms with Gasteiger partial charge in [0.1, 0.15) is 16.7 Å². The Balaban J connectivity index is 1.27. The lowest BCUT2D eigenvalue weighted by Crippen LogP contribution is -2.46.